The van der Waals surface area contributed by atoms with Crippen molar-refractivity contribution in [3.05, 3.63) is 59.2 Å². The highest BCUT2D eigenvalue weighted by Crippen LogP contribution is 2.34. The Morgan fingerprint density at radius 2 is 1.81 bits per heavy atom. The summed E-state index contributed by atoms with van der Waals surface area (Å²) in [4.78, 5) is 26.9. The minimum Gasteiger partial charge on any atom is -0.497 e. The van der Waals surface area contributed by atoms with E-state index in [9.17, 15) is 9.59 Å². The van der Waals surface area contributed by atoms with E-state index in [0.29, 0.717) is 13.0 Å². The Morgan fingerprint density at radius 1 is 1.15 bits per heavy atom. The number of anilines is 1. The minimum absolute atomic E-state index is 0.185. The number of esters is 1. The number of amides is 1. The molecular weight excluding hydrogens is 330 g/mol. The van der Waals surface area contributed by atoms with Gasteiger partial charge in [-0.15, -0.1) is 0 Å². The number of carbonyl (C=O) groups excluding carboxylic acids is 2. The van der Waals surface area contributed by atoms with Crippen LogP contribution >= 0.6 is 0 Å². The quantitative estimate of drug-likeness (QED) is 0.611. The van der Waals surface area contributed by atoms with Gasteiger partial charge in [-0.25, -0.2) is 0 Å². The highest BCUT2D eigenvalue weighted by Gasteiger charge is 2.39. The van der Waals surface area contributed by atoms with Crippen molar-refractivity contribution in [3.63, 3.8) is 0 Å². The van der Waals surface area contributed by atoms with Crippen molar-refractivity contribution in [2.45, 2.75) is 26.9 Å². The van der Waals surface area contributed by atoms with Gasteiger partial charge in [0, 0.05) is 12.2 Å². The number of carbonyl (C=O) groups is 2. The zero-order valence-electron chi connectivity index (χ0n) is 15.3. The fraction of sp³-hybridized carbons (Fsp3) is 0.333. The molecule has 0 radical (unpaired) electrons. The second kappa shape index (κ2) is 7.60. The van der Waals surface area contributed by atoms with E-state index in [-0.39, 0.29) is 12.5 Å². The lowest BCUT2D eigenvalue weighted by molar-refractivity contribution is -0.152. The summed E-state index contributed by atoms with van der Waals surface area (Å²) in [6.45, 7) is 4.58. The van der Waals surface area contributed by atoms with Gasteiger partial charge in [-0.1, -0.05) is 30.3 Å². The van der Waals surface area contributed by atoms with Crippen LogP contribution in [0.15, 0.2) is 42.5 Å². The first-order valence-corrected chi connectivity index (χ1v) is 8.68. The van der Waals surface area contributed by atoms with E-state index < -0.39 is 11.9 Å². The summed E-state index contributed by atoms with van der Waals surface area (Å²) in [5.74, 6) is -0.626. The summed E-state index contributed by atoms with van der Waals surface area (Å²) in [5, 5.41) is 0. The number of hydrogen-bond donors (Lipinski definition) is 0. The molecule has 0 aromatic heterocycles. The van der Waals surface area contributed by atoms with Gasteiger partial charge in [0.2, 0.25) is 5.91 Å². The van der Waals surface area contributed by atoms with E-state index >= 15 is 0 Å². The summed E-state index contributed by atoms with van der Waals surface area (Å²) in [5.41, 5.74) is 3.67. The Kier molecular flexibility index (Phi) is 5.26. The van der Waals surface area contributed by atoms with E-state index in [2.05, 4.69) is 0 Å². The first kappa shape index (κ1) is 18.0. The fourth-order valence-corrected chi connectivity index (χ4v) is 3.41. The zero-order chi connectivity index (χ0) is 18.7. The summed E-state index contributed by atoms with van der Waals surface area (Å²) >= 11 is 0. The molecule has 0 saturated carbocycles. The molecule has 136 valence electrons. The smallest absolute Gasteiger partial charge is 0.318 e. The highest BCUT2D eigenvalue weighted by molar-refractivity contribution is 6.08. The number of rotatable bonds is 5. The third kappa shape index (κ3) is 3.57. The van der Waals surface area contributed by atoms with Crippen LogP contribution in [0.25, 0.3) is 0 Å². The van der Waals surface area contributed by atoms with Crippen LogP contribution in [0.2, 0.25) is 0 Å². The molecule has 1 aliphatic heterocycles. The summed E-state index contributed by atoms with van der Waals surface area (Å²) in [6, 6.07) is 13.3. The summed E-state index contributed by atoms with van der Waals surface area (Å²) < 4.78 is 10.6. The number of benzene rings is 2. The first-order valence-electron chi connectivity index (χ1n) is 8.68. The first-order chi connectivity index (χ1) is 12.5. The predicted molar refractivity (Wildman–Crippen MR) is 99.2 cm³/mol. The van der Waals surface area contributed by atoms with Crippen LogP contribution in [0.4, 0.5) is 5.69 Å². The molecule has 5 heteroatoms. The van der Waals surface area contributed by atoms with Gasteiger partial charge in [-0.05, 0) is 49.1 Å². The Balaban J connectivity index is 1.71. The van der Waals surface area contributed by atoms with E-state index in [4.69, 9.17) is 9.47 Å². The van der Waals surface area contributed by atoms with Crippen molar-refractivity contribution in [1.29, 1.82) is 0 Å². The SMILES string of the molecule is COc1cc(C)c(N2CCC(C(=O)OCc3ccccc3)C2=O)c(C)c1. The maximum Gasteiger partial charge on any atom is 0.318 e. The molecule has 1 fully saturated rings. The van der Waals surface area contributed by atoms with Crippen molar-refractivity contribution >= 4 is 17.6 Å². The van der Waals surface area contributed by atoms with Gasteiger partial charge < -0.3 is 14.4 Å². The number of aryl methyl sites for hydroxylation is 2. The number of ether oxygens (including phenoxy) is 2. The zero-order valence-corrected chi connectivity index (χ0v) is 15.3. The van der Waals surface area contributed by atoms with Gasteiger partial charge >= 0.3 is 5.97 Å². The third-order valence-corrected chi connectivity index (χ3v) is 4.68. The number of methoxy groups -OCH3 is 1. The Morgan fingerprint density at radius 3 is 2.42 bits per heavy atom. The molecule has 5 nitrogen and oxygen atoms in total. The number of hydrogen-bond acceptors (Lipinski definition) is 4. The average molecular weight is 353 g/mol. The lowest BCUT2D eigenvalue weighted by Crippen LogP contribution is -2.32. The molecule has 1 saturated heterocycles. The van der Waals surface area contributed by atoms with Crippen LogP contribution in [-0.4, -0.2) is 25.5 Å². The van der Waals surface area contributed by atoms with Crippen LogP contribution < -0.4 is 9.64 Å². The topological polar surface area (TPSA) is 55.8 Å². The Labute approximate surface area is 153 Å². The lowest BCUT2D eigenvalue weighted by atomic mass is 10.1. The van der Waals surface area contributed by atoms with Crippen molar-refractivity contribution in [2.75, 3.05) is 18.6 Å². The fourth-order valence-electron chi connectivity index (χ4n) is 3.41. The molecule has 0 N–H and O–H groups in total. The van der Waals surface area contributed by atoms with Crippen LogP contribution in [0.1, 0.15) is 23.1 Å². The Bertz CT molecular complexity index is 793. The van der Waals surface area contributed by atoms with Gasteiger partial charge in [-0.2, -0.15) is 0 Å². The lowest BCUT2D eigenvalue weighted by Gasteiger charge is -2.22. The van der Waals surface area contributed by atoms with Crippen molar-refractivity contribution in [3.8, 4) is 5.75 Å². The van der Waals surface area contributed by atoms with Crippen LogP contribution in [0.3, 0.4) is 0 Å². The largest absolute Gasteiger partial charge is 0.497 e. The molecule has 2 aromatic carbocycles. The van der Waals surface area contributed by atoms with Gasteiger partial charge in [0.05, 0.1) is 7.11 Å². The van der Waals surface area contributed by atoms with E-state index in [0.717, 1.165) is 28.1 Å². The molecule has 1 aliphatic rings. The van der Waals surface area contributed by atoms with E-state index in [1.54, 1.807) is 12.0 Å². The molecule has 1 amide bonds. The maximum absolute atomic E-state index is 12.8. The van der Waals surface area contributed by atoms with E-state index in [1.807, 2.05) is 56.3 Å². The van der Waals surface area contributed by atoms with Crippen LogP contribution in [-0.2, 0) is 20.9 Å². The van der Waals surface area contributed by atoms with Crippen LogP contribution in [0.5, 0.6) is 5.75 Å². The molecule has 0 aliphatic carbocycles. The average Bonchev–Trinajstić information content (AvgIpc) is 3.01. The van der Waals surface area contributed by atoms with Crippen molar-refractivity contribution in [1.82, 2.24) is 0 Å². The van der Waals surface area contributed by atoms with Crippen LogP contribution in [0, 0.1) is 19.8 Å². The summed E-state index contributed by atoms with van der Waals surface area (Å²) in [6.07, 6.45) is 0.470. The second-order valence-electron chi connectivity index (χ2n) is 6.53. The third-order valence-electron chi connectivity index (χ3n) is 4.68. The molecule has 1 heterocycles. The summed E-state index contributed by atoms with van der Waals surface area (Å²) in [7, 11) is 1.62. The molecule has 0 spiro atoms. The number of nitrogens with zero attached hydrogens (tertiary/aromatic N) is 1. The highest BCUT2D eigenvalue weighted by atomic mass is 16.5. The van der Waals surface area contributed by atoms with Crippen molar-refractivity contribution < 1.29 is 19.1 Å². The molecular formula is C21H23NO4. The minimum atomic E-state index is -0.736. The Hall–Kier alpha value is -2.82. The van der Waals surface area contributed by atoms with Crippen molar-refractivity contribution in [2.24, 2.45) is 5.92 Å². The maximum atomic E-state index is 12.8. The monoisotopic (exact) mass is 353 g/mol. The molecule has 3 rings (SSSR count). The normalized spacial score (nSPS) is 16.7. The van der Waals surface area contributed by atoms with Gasteiger partial charge in [0.25, 0.3) is 0 Å². The second-order valence-corrected chi connectivity index (χ2v) is 6.53. The predicted octanol–water partition coefficient (Wildman–Crippen LogP) is 3.41. The molecule has 0 bridgehead atoms. The standard InChI is InChI=1S/C21H23NO4/c1-14-11-17(25-3)12-15(2)19(14)22-10-9-18(20(22)23)21(24)26-13-16-7-5-4-6-8-16/h4-8,11-12,18H,9-10,13H2,1-3H3. The molecule has 2 aromatic rings. The van der Waals surface area contributed by atoms with Gasteiger partial charge in [-0.3, -0.25) is 9.59 Å². The van der Waals surface area contributed by atoms with Gasteiger partial charge in [0.15, 0.2) is 0 Å². The van der Waals surface area contributed by atoms with Gasteiger partial charge in [0.1, 0.15) is 18.3 Å². The van der Waals surface area contributed by atoms with E-state index in [1.165, 1.54) is 0 Å². The molecule has 26 heavy (non-hydrogen) atoms. The molecule has 1 atom stereocenters. The molecule has 1 unspecified atom stereocenters.